The second-order valence-corrected chi connectivity index (χ2v) is 6.75. The Bertz CT molecular complexity index is 524. The molecule has 4 rings (SSSR count). The number of phenolic OH excluding ortho intramolecular Hbond substituents is 1. The molecule has 2 atom stereocenters. The van der Waals surface area contributed by atoms with E-state index in [4.69, 9.17) is 0 Å². The van der Waals surface area contributed by atoms with Crippen LogP contribution >= 0.6 is 0 Å². The van der Waals surface area contributed by atoms with Gasteiger partial charge in [0.25, 0.3) is 0 Å². The maximum absolute atomic E-state index is 12.5. The van der Waals surface area contributed by atoms with E-state index in [1.54, 1.807) is 12.1 Å². The zero-order chi connectivity index (χ0) is 14.4. The number of carbonyl (C=O) groups is 1. The number of amides is 1. The van der Waals surface area contributed by atoms with Crippen LogP contribution < -0.4 is 4.90 Å². The van der Waals surface area contributed by atoms with Gasteiger partial charge in [0, 0.05) is 37.8 Å². The molecular formula is C17H22N2O2. The van der Waals surface area contributed by atoms with Gasteiger partial charge in [-0.25, -0.2) is 0 Å². The predicted octanol–water partition coefficient (Wildman–Crippen LogP) is 2.09. The maximum Gasteiger partial charge on any atom is 0.225 e. The topological polar surface area (TPSA) is 43.8 Å². The Labute approximate surface area is 125 Å². The first-order valence-electron chi connectivity index (χ1n) is 8.03. The minimum absolute atomic E-state index is 0.298. The molecule has 0 spiro atoms. The van der Waals surface area contributed by atoms with Gasteiger partial charge >= 0.3 is 0 Å². The lowest BCUT2D eigenvalue weighted by atomic mass is 10.0. The van der Waals surface area contributed by atoms with Crippen molar-refractivity contribution in [2.45, 2.75) is 19.3 Å². The van der Waals surface area contributed by atoms with Crippen molar-refractivity contribution in [1.82, 2.24) is 4.90 Å². The van der Waals surface area contributed by atoms with Crippen molar-refractivity contribution in [1.29, 1.82) is 0 Å². The number of aromatic hydroxyl groups is 1. The van der Waals surface area contributed by atoms with Crippen molar-refractivity contribution >= 4 is 11.6 Å². The molecule has 0 radical (unpaired) electrons. The first-order chi connectivity index (χ1) is 10.2. The van der Waals surface area contributed by atoms with Gasteiger partial charge in [-0.05, 0) is 55.4 Å². The molecule has 2 aliphatic carbocycles. The third-order valence-electron chi connectivity index (χ3n) is 5.40. The first-order valence-corrected chi connectivity index (χ1v) is 8.03. The van der Waals surface area contributed by atoms with Gasteiger partial charge in [0.2, 0.25) is 5.91 Å². The number of benzene rings is 1. The lowest BCUT2D eigenvalue weighted by molar-refractivity contribution is -0.136. The second-order valence-electron chi connectivity index (χ2n) is 6.75. The van der Waals surface area contributed by atoms with Gasteiger partial charge in [-0.3, -0.25) is 4.79 Å². The second kappa shape index (κ2) is 4.93. The van der Waals surface area contributed by atoms with E-state index >= 15 is 0 Å². The summed E-state index contributed by atoms with van der Waals surface area (Å²) in [6.45, 7) is 3.42. The molecule has 0 aromatic heterocycles. The van der Waals surface area contributed by atoms with Crippen molar-refractivity contribution in [2.75, 3.05) is 31.1 Å². The summed E-state index contributed by atoms with van der Waals surface area (Å²) in [6.07, 6.45) is 3.65. The van der Waals surface area contributed by atoms with E-state index in [2.05, 4.69) is 9.80 Å². The highest BCUT2D eigenvalue weighted by molar-refractivity contribution is 5.79. The normalized spacial score (nSPS) is 31.1. The fraction of sp³-hybridized carbons (Fsp3) is 0.588. The molecule has 1 N–H and O–H groups in total. The number of hydrogen-bond acceptors (Lipinski definition) is 3. The van der Waals surface area contributed by atoms with Crippen LogP contribution in [-0.2, 0) is 4.79 Å². The fourth-order valence-electron chi connectivity index (χ4n) is 4.02. The minimum atomic E-state index is 0.298. The average Bonchev–Trinajstić information content (AvgIpc) is 3.13. The highest BCUT2D eigenvalue weighted by atomic mass is 16.3. The predicted molar refractivity (Wildman–Crippen MR) is 81.2 cm³/mol. The van der Waals surface area contributed by atoms with Gasteiger partial charge in [-0.2, -0.15) is 0 Å². The van der Waals surface area contributed by atoms with E-state index in [-0.39, 0.29) is 0 Å². The summed E-state index contributed by atoms with van der Waals surface area (Å²) >= 11 is 0. The summed E-state index contributed by atoms with van der Waals surface area (Å²) in [4.78, 5) is 16.9. The highest BCUT2D eigenvalue weighted by Gasteiger charge is 2.48. The molecule has 1 amide bonds. The molecular weight excluding hydrogens is 264 g/mol. The molecule has 1 saturated heterocycles. The van der Waals surface area contributed by atoms with Gasteiger partial charge in [0.05, 0.1) is 0 Å². The maximum atomic E-state index is 12.5. The summed E-state index contributed by atoms with van der Waals surface area (Å²) in [7, 11) is 0. The van der Waals surface area contributed by atoms with E-state index in [1.807, 2.05) is 12.1 Å². The smallest absolute Gasteiger partial charge is 0.225 e. The Balaban J connectivity index is 1.33. The molecule has 1 aromatic rings. The van der Waals surface area contributed by atoms with E-state index < -0.39 is 0 Å². The SMILES string of the molecule is O=C(C1CC2CC2C1)N1CCN(c2ccc(O)cc2)CC1. The van der Waals surface area contributed by atoms with Crippen molar-refractivity contribution in [3.05, 3.63) is 24.3 Å². The van der Waals surface area contributed by atoms with Crippen molar-refractivity contribution in [3.8, 4) is 5.75 Å². The van der Waals surface area contributed by atoms with Crippen LogP contribution in [0.4, 0.5) is 5.69 Å². The average molecular weight is 286 g/mol. The van der Waals surface area contributed by atoms with E-state index in [1.165, 1.54) is 6.42 Å². The minimum Gasteiger partial charge on any atom is -0.508 e. The summed E-state index contributed by atoms with van der Waals surface area (Å²) in [6, 6.07) is 7.32. The van der Waals surface area contributed by atoms with Crippen LogP contribution in [0.2, 0.25) is 0 Å². The number of fused-ring (bicyclic) bond motifs is 1. The molecule has 4 heteroatoms. The van der Waals surface area contributed by atoms with Crippen molar-refractivity contribution < 1.29 is 9.90 Å². The van der Waals surface area contributed by atoms with Crippen LogP contribution in [0.1, 0.15) is 19.3 Å². The molecule has 2 unspecified atom stereocenters. The largest absolute Gasteiger partial charge is 0.508 e. The molecule has 1 heterocycles. The van der Waals surface area contributed by atoms with Gasteiger partial charge in [-0.1, -0.05) is 0 Å². The molecule has 1 aliphatic heterocycles. The number of nitrogens with zero attached hydrogens (tertiary/aromatic N) is 2. The number of rotatable bonds is 2. The van der Waals surface area contributed by atoms with Crippen molar-refractivity contribution in [3.63, 3.8) is 0 Å². The van der Waals surface area contributed by atoms with Gasteiger partial charge in [-0.15, -0.1) is 0 Å². The van der Waals surface area contributed by atoms with Gasteiger partial charge in [0.15, 0.2) is 0 Å². The summed E-state index contributed by atoms with van der Waals surface area (Å²) in [5.41, 5.74) is 1.13. The summed E-state index contributed by atoms with van der Waals surface area (Å²) in [5.74, 6) is 2.75. The highest BCUT2D eigenvalue weighted by Crippen LogP contribution is 2.54. The lowest BCUT2D eigenvalue weighted by Gasteiger charge is -2.37. The standard InChI is InChI=1S/C17H22N2O2/c20-16-3-1-15(2-4-16)18-5-7-19(8-6-18)17(21)14-10-12-9-13(12)11-14/h1-4,12-14,20H,5-11H2. The van der Waals surface area contributed by atoms with Gasteiger partial charge in [0.1, 0.15) is 5.75 Å². The number of carbonyl (C=O) groups excluding carboxylic acids is 1. The van der Waals surface area contributed by atoms with Crippen molar-refractivity contribution in [2.24, 2.45) is 17.8 Å². The Kier molecular flexibility index (Phi) is 3.05. The summed E-state index contributed by atoms with van der Waals surface area (Å²) in [5, 5.41) is 9.34. The Morgan fingerprint density at radius 3 is 2.19 bits per heavy atom. The van der Waals surface area contributed by atoms with Crippen LogP contribution in [0.15, 0.2) is 24.3 Å². The molecule has 3 aliphatic rings. The molecule has 4 nitrogen and oxygen atoms in total. The van der Waals surface area contributed by atoms with E-state index in [9.17, 15) is 9.90 Å². The monoisotopic (exact) mass is 286 g/mol. The fourth-order valence-corrected chi connectivity index (χ4v) is 4.02. The van der Waals surface area contributed by atoms with E-state index in [0.29, 0.717) is 17.6 Å². The molecule has 112 valence electrons. The number of phenols is 1. The Morgan fingerprint density at radius 1 is 0.952 bits per heavy atom. The number of piperazine rings is 1. The molecule has 1 aromatic carbocycles. The zero-order valence-electron chi connectivity index (χ0n) is 12.2. The molecule has 21 heavy (non-hydrogen) atoms. The molecule has 2 saturated carbocycles. The summed E-state index contributed by atoms with van der Waals surface area (Å²) < 4.78 is 0. The van der Waals surface area contributed by atoms with Crippen LogP contribution in [0.3, 0.4) is 0 Å². The zero-order valence-corrected chi connectivity index (χ0v) is 12.2. The quantitative estimate of drug-likeness (QED) is 0.905. The van der Waals surface area contributed by atoms with Crippen LogP contribution in [0.5, 0.6) is 5.75 Å². The Hall–Kier alpha value is -1.71. The van der Waals surface area contributed by atoms with Crippen LogP contribution in [0, 0.1) is 17.8 Å². The third kappa shape index (κ3) is 2.47. The van der Waals surface area contributed by atoms with E-state index in [0.717, 1.165) is 56.5 Å². The lowest BCUT2D eigenvalue weighted by Crippen LogP contribution is -2.50. The van der Waals surface area contributed by atoms with Crippen LogP contribution in [-0.4, -0.2) is 42.1 Å². The molecule has 3 fully saturated rings. The third-order valence-corrected chi connectivity index (χ3v) is 5.40. The first kappa shape index (κ1) is 13.0. The Morgan fingerprint density at radius 2 is 1.57 bits per heavy atom. The van der Waals surface area contributed by atoms with Crippen LogP contribution in [0.25, 0.3) is 0 Å². The molecule has 0 bridgehead atoms. The number of anilines is 1. The number of hydrogen-bond donors (Lipinski definition) is 1. The van der Waals surface area contributed by atoms with Gasteiger partial charge < -0.3 is 14.9 Å².